The van der Waals surface area contributed by atoms with Crippen molar-refractivity contribution in [2.75, 3.05) is 13.1 Å². The summed E-state index contributed by atoms with van der Waals surface area (Å²) in [5.74, 6) is 0. The Labute approximate surface area is 149 Å². The third kappa shape index (κ3) is 8.62. The molecule has 2 aromatic rings. The van der Waals surface area contributed by atoms with E-state index in [-0.39, 0.29) is 0 Å². The summed E-state index contributed by atoms with van der Waals surface area (Å²) >= 11 is 1.92. The fourth-order valence-electron chi connectivity index (χ4n) is 2.14. The van der Waals surface area contributed by atoms with Crippen LogP contribution in [0.25, 0.3) is 11.1 Å². The molecule has 1 fully saturated rings. The molecule has 0 saturated carbocycles. The number of hydrogen-bond acceptors (Lipinski definition) is 4. The second-order valence-corrected chi connectivity index (χ2v) is 5.81. The number of piperidine rings is 1. The van der Waals surface area contributed by atoms with Gasteiger partial charge in [-0.1, -0.05) is 79.9 Å². The largest absolute Gasteiger partial charge is 0.0622 e. The first kappa shape index (κ1) is 19.3. The third-order valence-corrected chi connectivity index (χ3v) is 3.61. The molecule has 0 aliphatic carbocycles. The Balaban J connectivity index is 0.000000206. The predicted molar refractivity (Wildman–Crippen MR) is 87.7 cm³/mol. The number of nitrogens with zero attached hydrogens (tertiary/aromatic N) is 1. The summed E-state index contributed by atoms with van der Waals surface area (Å²) in [7, 11) is 0. The van der Waals surface area contributed by atoms with Gasteiger partial charge < -0.3 is 0 Å². The Morgan fingerprint density at radius 1 is 0.727 bits per heavy atom. The topological polar surface area (TPSA) is 37.4 Å². The number of hydrogen-bond donors (Lipinski definition) is 1. The van der Waals surface area contributed by atoms with Crippen LogP contribution in [0.2, 0.25) is 0 Å². The quantitative estimate of drug-likeness (QED) is 0.727. The summed E-state index contributed by atoms with van der Waals surface area (Å²) in [4.78, 5) is 0. The van der Waals surface area contributed by atoms with Gasteiger partial charge in [-0.15, -0.1) is 0 Å². The summed E-state index contributed by atoms with van der Waals surface area (Å²) in [6, 6.07) is 20.8. The van der Waals surface area contributed by atoms with Crippen molar-refractivity contribution in [2.45, 2.75) is 19.3 Å². The van der Waals surface area contributed by atoms with Gasteiger partial charge in [-0.25, -0.2) is 0 Å². The van der Waals surface area contributed by atoms with Crippen molar-refractivity contribution in [1.29, 1.82) is 0 Å². The molecule has 0 bridgehead atoms. The average Bonchev–Trinajstić information content (AvgIpc) is 2.59. The van der Waals surface area contributed by atoms with Gasteiger partial charge in [0.1, 0.15) is 0 Å². The molecule has 0 spiro atoms. The van der Waals surface area contributed by atoms with Crippen LogP contribution in [0.3, 0.4) is 0 Å². The second-order valence-electron chi connectivity index (χ2n) is 4.83. The van der Waals surface area contributed by atoms with Gasteiger partial charge >= 0.3 is 28.9 Å². The van der Waals surface area contributed by atoms with Gasteiger partial charge in [0.2, 0.25) is 0 Å². The molecule has 1 heterocycles. The van der Waals surface area contributed by atoms with E-state index >= 15 is 0 Å². The van der Waals surface area contributed by atoms with E-state index in [1.54, 1.807) is 0 Å². The standard InChI is InChI=1S/C12H10.C5H11NS.2O.Zr/c1-3-7-11(8-4-1)12-9-5-2-6-10-12;7-6-4-2-1-3-5-6;;;/h1-10H;7H,1-5H2;;;. The van der Waals surface area contributed by atoms with E-state index in [1.807, 2.05) is 12.1 Å². The van der Waals surface area contributed by atoms with Gasteiger partial charge in [-0.3, -0.25) is 4.31 Å². The molecule has 3 rings (SSSR count). The van der Waals surface area contributed by atoms with E-state index in [0.717, 1.165) is 0 Å². The van der Waals surface area contributed by atoms with Crippen LogP contribution in [-0.4, -0.2) is 17.4 Å². The maximum atomic E-state index is 8.54. The Bertz CT molecular complexity index is 502. The molecule has 2 aromatic carbocycles. The number of rotatable bonds is 1. The zero-order valence-corrected chi connectivity index (χ0v) is 15.9. The van der Waals surface area contributed by atoms with E-state index in [0.29, 0.717) is 0 Å². The molecule has 1 aliphatic rings. The van der Waals surface area contributed by atoms with E-state index < -0.39 is 23.2 Å². The van der Waals surface area contributed by atoms with Crippen LogP contribution in [-0.2, 0) is 28.9 Å². The molecule has 1 aliphatic heterocycles. The van der Waals surface area contributed by atoms with Gasteiger partial charge in [0.25, 0.3) is 0 Å². The minimum atomic E-state index is -2.27. The van der Waals surface area contributed by atoms with Gasteiger partial charge in [-0.05, 0) is 24.0 Å². The summed E-state index contributed by atoms with van der Waals surface area (Å²) in [6.45, 7) is 2.37. The SMILES string of the molecule is SN1CCCCC1.[O]=[Zr]=[O].c1ccc(-c2ccccc2)cc1. The van der Waals surface area contributed by atoms with Gasteiger partial charge in [0.15, 0.2) is 0 Å². The summed E-state index contributed by atoms with van der Waals surface area (Å²) < 4.78 is 19.2. The van der Waals surface area contributed by atoms with E-state index in [4.69, 9.17) is 5.63 Å². The smallest absolute Gasteiger partial charge is 0.0184 e. The fourth-order valence-corrected chi connectivity index (χ4v) is 2.42. The monoisotopic (exact) mass is 393 g/mol. The maximum absolute atomic E-state index is 8.54. The zero-order chi connectivity index (χ0) is 16.0. The summed E-state index contributed by atoms with van der Waals surface area (Å²) in [5, 5.41) is 0. The van der Waals surface area contributed by atoms with Crippen molar-refractivity contribution in [3.63, 3.8) is 0 Å². The fraction of sp³-hybridized carbons (Fsp3) is 0.294. The summed E-state index contributed by atoms with van der Waals surface area (Å²) in [5.41, 5.74) is 2.55. The Morgan fingerprint density at radius 2 is 1.09 bits per heavy atom. The number of thiol groups is 1. The molecule has 1 saturated heterocycles. The van der Waals surface area contributed by atoms with Crippen molar-refractivity contribution < 1.29 is 28.9 Å². The second kappa shape index (κ2) is 12.7. The molecule has 0 atom stereocenters. The van der Waals surface area contributed by atoms with Crippen LogP contribution in [0.4, 0.5) is 0 Å². The minimum absolute atomic E-state index is 1.18. The van der Waals surface area contributed by atoms with Crippen molar-refractivity contribution in [3.05, 3.63) is 60.7 Å². The first-order valence-electron chi connectivity index (χ1n) is 7.31. The Kier molecular flexibility index (Phi) is 11.2. The van der Waals surface area contributed by atoms with Gasteiger partial charge in [0, 0.05) is 13.1 Å². The van der Waals surface area contributed by atoms with Crippen LogP contribution in [0.15, 0.2) is 60.7 Å². The van der Waals surface area contributed by atoms with E-state index in [9.17, 15) is 0 Å². The molecule has 22 heavy (non-hydrogen) atoms. The van der Waals surface area contributed by atoms with Crippen LogP contribution in [0.1, 0.15) is 19.3 Å². The van der Waals surface area contributed by atoms with E-state index in [2.05, 4.69) is 65.7 Å². The van der Waals surface area contributed by atoms with Crippen LogP contribution in [0, 0.1) is 0 Å². The first-order chi connectivity index (χ1) is 10.8. The predicted octanol–water partition coefficient (Wildman–Crippen LogP) is 4.43. The molecule has 0 aromatic heterocycles. The third-order valence-electron chi connectivity index (χ3n) is 3.21. The Hall–Kier alpha value is -0.767. The Morgan fingerprint density at radius 3 is 1.36 bits per heavy atom. The van der Waals surface area contributed by atoms with Crippen LogP contribution < -0.4 is 0 Å². The molecule has 0 N–H and O–H groups in total. The summed E-state index contributed by atoms with van der Waals surface area (Å²) in [6.07, 6.45) is 4.07. The molecule has 5 heteroatoms. The minimum Gasteiger partial charge on any atom is -0.0622 e. The van der Waals surface area contributed by atoms with Crippen molar-refractivity contribution >= 4 is 12.8 Å². The molecule has 0 radical (unpaired) electrons. The van der Waals surface area contributed by atoms with Crippen molar-refractivity contribution in [1.82, 2.24) is 4.31 Å². The molecular formula is C17H21NO2SZr. The van der Waals surface area contributed by atoms with Crippen LogP contribution in [0.5, 0.6) is 0 Å². The van der Waals surface area contributed by atoms with Crippen LogP contribution >= 0.6 is 12.8 Å². The normalized spacial score (nSPS) is 13.7. The molecular weight excluding hydrogens is 373 g/mol. The van der Waals surface area contributed by atoms with Crippen molar-refractivity contribution in [2.24, 2.45) is 0 Å². The van der Waals surface area contributed by atoms with Gasteiger partial charge in [-0.2, -0.15) is 0 Å². The maximum Gasteiger partial charge on any atom is -0.0184 e. The molecule has 0 amide bonds. The van der Waals surface area contributed by atoms with Gasteiger partial charge in [0.05, 0.1) is 0 Å². The molecule has 3 nitrogen and oxygen atoms in total. The number of benzene rings is 2. The molecule has 0 unspecified atom stereocenters. The molecule has 116 valence electrons. The zero-order valence-electron chi connectivity index (χ0n) is 12.5. The van der Waals surface area contributed by atoms with Crippen molar-refractivity contribution in [3.8, 4) is 11.1 Å². The average molecular weight is 395 g/mol. The van der Waals surface area contributed by atoms with E-state index in [1.165, 1.54) is 43.5 Å². The first-order valence-corrected chi connectivity index (χ1v) is 9.72.